The second kappa shape index (κ2) is 9.20. The molecule has 1 unspecified atom stereocenters. The minimum Gasteiger partial charge on any atom is -0.307 e. The number of hydrogen-bond donors (Lipinski definition) is 1. The SMILES string of the molecule is CN1CCNC(c2cccnc2Cl)C1.Cl.Cl.Cl. The summed E-state index contributed by atoms with van der Waals surface area (Å²) in [4.78, 5) is 6.38. The van der Waals surface area contributed by atoms with E-state index in [1.807, 2.05) is 12.1 Å². The van der Waals surface area contributed by atoms with Crippen LogP contribution in [0, 0.1) is 0 Å². The summed E-state index contributed by atoms with van der Waals surface area (Å²) in [7, 11) is 2.12. The van der Waals surface area contributed by atoms with Gasteiger partial charge in [-0.3, -0.25) is 0 Å². The van der Waals surface area contributed by atoms with Gasteiger partial charge in [-0.25, -0.2) is 4.98 Å². The summed E-state index contributed by atoms with van der Waals surface area (Å²) < 4.78 is 0. The van der Waals surface area contributed by atoms with Gasteiger partial charge in [-0.2, -0.15) is 0 Å². The molecule has 0 aliphatic carbocycles. The van der Waals surface area contributed by atoms with Gasteiger partial charge >= 0.3 is 0 Å². The molecule has 1 aromatic rings. The summed E-state index contributed by atoms with van der Waals surface area (Å²) in [6.45, 7) is 3.09. The molecule has 0 aromatic carbocycles. The zero-order chi connectivity index (χ0) is 9.97. The second-order valence-electron chi connectivity index (χ2n) is 3.65. The Morgan fingerprint density at radius 1 is 1.41 bits per heavy atom. The van der Waals surface area contributed by atoms with E-state index in [4.69, 9.17) is 11.6 Å². The second-order valence-corrected chi connectivity index (χ2v) is 4.01. The standard InChI is InChI=1S/C10H14ClN3.3ClH/c1-14-6-5-12-9(7-14)8-3-2-4-13-10(8)11;;;/h2-4,9,12H,5-7H2,1H3;3*1H. The number of nitrogens with one attached hydrogen (secondary N) is 1. The molecular formula is C10H17Cl4N3. The van der Waals surface area contributed by atoms with Gasteiger partial charge in [0.15, 0.2) is 0 Å². The first-order valence-corrected chi connectivity index (χ1v) is 5.17. The summed E-state index contributed by atoms with van der Waals surface area (Å²) in [6.07, 6.45) is 1.72. The van der Waals surface area contributed by atoms with Crippen LogP contribution >= 0.6 is 48.8 Å². The van der Waals surface area contributed by atoms with E-state index in [-0.39, 0.29) is 37.2 Å². The molecule has 2 heterocycles. The number of aromatic nitrogens is 1. The quantitative estimate of drug-likeness (QED) is 0.806. The third-order valence-electron chi connectivity index (χ3n) is 2.54. The lowest BCUT2D eigenvalue weighted by Gasteiger charge is -2.31. The maximum atomic E-state index is 6.04. The largest absolute Gasteiger partial charge is 0.307 e. The minimum atomic E-state index is 0. The van der Waals surface area contributed by atoms with Crippen LogP contribution < -0.4 is 5.32 Å². The van der Waals surface area contributed by atoms with Crippen molar-refractivity contribution in [2.75, 3.05) is 26.7 Å². The maximum Gasteiger partial charge on any atom is 0.133 e. The molecule has 1 fully saturated rings. The highest BCUT2D eigenvalue weighted by Gasteiger charge is 2.20. The lowest BCUT2D eigenvalue weighted by atomic mass is 10.1. The summed E-state index contributed by atoms with van der Waals surface area (Å²) in [5.74, 6) is 0. The van der Waals surface area contributed by atoms with Crippen molar-refractivity contribution in [3.63, 3.8) is 0 Å². The van der Waals surface area contributed by atoms with Crippen molar-refractivity contribution in [2.45, 2.75) is 6.04 Å². The highest BCUT2D eigenvalue weighted by molar-refractivity contribution is 6.30. The minimum absolute atomic E-state index is 0. The van der Waals surface area contributed by atoms with Gasteiger partial charge in [0, 0.05) is 37.4 Å². The Labute approximate surface area is 126 Å². The van der Waals surface area contributed by atoms with E-state index in [2.05, 4.69) is 22.2 Å². The van der Waals surface area contributed by atoms with Crippen molar-refractivity contribution in [2.24, 2.45) is 0 Å². The van der Waals surface area contributed by atoms with Crippen molar-refractivity contribution in [3.05, 3.63) is 29.0 Å². The predicted molar refractivity (Wildman–Crippen MR) is 79.2 cm³/mol. The number of likely N-dealkylation sites (N-methyl/N-ethyl adjacent to an activating group) is 1. The van der Waals surface area contributed by atoms with Gasteiger partial charge in [-0.05, 0) is 13.1 Å². The van der Waals surface area contributed by atoms with Crippen LogP contribution in [-0.4, -0.2) is 36.6 Å². The van der Waals surface area contributed by atoms with Crippen molar-refractivity contribution in [3.8, 4) is 0 Å². The first kappa shape index (κ1) is 19.6. The van der Waals surface area contributed by atoms with Gasteiger partial charge in [-0.15, -0.1) is 37.2 Å². The predicted octanol–water partition coefficient (Wildman–Crippen LogP) is 2.58. The van der Waals surface area contributed by atoms with Crippen molar-refractivity contribution >= 4 is 48.8 Å². The Morgan fingerprint density at radius 3 is 2.71 bits per heavy atom. The van der Waals surface area contributed by atoms with E-state index in [1.54, 1.807) is 6.20 Å². The molecule has 0 spiro atoms. The van der Waals surface area contributed by atoms with E-state index in [9.17, 15) is 0 Å². The Kier molecular flexibility index (Phi) is 10.6. The fourth-order valence-electron chi connectivity index (χ4n) is 1.76. The Bertz CT molecular complexity index is 324. The molecule has 3 nitrogen and oxygen atoms in total. The molecule has 1 N–H and O–H groups in total. The molecule has 1 aliphatic heterocycles. The van der Waals surface area contributed by atoms with E-state index in [1.165, 1.54) is 0 Å². The Hall–Kier alpha value is 0.230. The van der Waals surface area contributed by atoms with Crippen LogP contribution in [0.3, 0.4) is 0 Å². The molecule has 0 bridgehead atoms. The van der Waals surface area contributed by atoms with Crippen LogP contribution in [0.5, 0.6) is 0 Å². The average Bonchev–Trinajstić information content (AvgIpc) is 2.18. The molecule has 1 atom stereocenters. The third kappa shape index (κ3) is 5.16. The van der Waals surface area contributed by atoms with Crippen molar-refractivity contribution < 1.29 is 0 Å². The van der Waals surface area contributed by atoms with Crippen LogP contribution in [0.25, 0.3) is 0 Å². The molecule has 7 heteroatoms. The van der Waals surface area contributed by atoms with Crippen molar-refractivity contribution in [1.82, 2.24) is 15.2 Å². The van der Waals surface area contributed by atoms with Crippen LogP contribution in [0.15, 0.2) is 18.3 Å². The lowest BCUT2D eigenvalue weighted by molar-refractivity contribution is 0.240. The highest BCUT2D eigenvalue weighted by Crippen LogP contribution is 2.22. The van der Waals surface area contributed by atoms with Gasteiger partial charge in [0.1, 0.15) is 5.15 Å². The number of piperazine rings is 1. The number of rotatable bonds is 1. The van der Waals surface area contributed by atoms with E-state index < -0.39 is 0 Å². The van der Waals surface area contributed by atoms with Gasteiger partial charge < -0.3 is 10.2 Å². The molecule has 1 aromatic heterocycles. The normalized spacial score (nSPS) is 19.5. The molecule has 0 saturated carbocycles. The number of pyridine rings is 1. The molecule has 2 rings (SSSR count). The van der Waals surface area contributed by atoms with E-state index in [0.717, 1.165) is 25.2 Å². The van der Waals surface area contributed by atoms with Crippen LogP contribution in [0.1, 0.15) is 11.6 Å². The summed E-state index contributed by atoms with van der Waals surface area (Å²) in [5, 5.41) is 4.05. The number of halogens is 4. The van der Waals surface area contributed by atoms with Gasteiger partial charge in [0.05, 0.1) is 0 Å². The monoisotopic (exact) mass is 319 g/mol. The molecule has 1 saturated heterocycles. The van der Waals surface area contributed by atoms with Crippen LogP contribution in [0.2, 0.25) is 5.15 Å². The topological polar surface area (TPSA) is 28.2 Å². The van der Waals surface area contributed by atoms with E-state index in [0.29, 0.717) is 11.2 Å². The summed E-state index contributed by atoms with van der Waals surface area (Å²) in [6, 6.07) is 4.28. The Balaban J connectivity index is 0. The lowest BCUT2D eigenvalue weighted by Crippen LogP contribution is -2.43. The third-order valence-corrected chi connectivity index (χ3v) is 2.86. The average molecular weight is 321 g/mol. The summed E-state index contributed by atoms with van der Waals surface area (Å²) >= 11 is 6.04. The van der Waals surface area contributed by atoms with Gasteiger partial charge in [0.2, 0.25) is 0 Å². The number of nitrogens with zero attached hydrogens (tertiary/aromatic N) is 2. The van der Waals surface area contributed by atoms with Crippen LogP contribution in [-0.2, 0) is 0 Å². The van der Waals surface area contributed by atoms with E-state index >= 15 is 0 Å². The molecule has 1 aliphatic rings. The van der Waals surface area contributed by atoms with Gasteiger partial charge in [-0.1, -0.05) is 17.7 Å². The fourth-order valence-corrected chi connectivity index (χ4v) is 2.01. The first-order chi connectivity index (χ1) is 6.77. The molecule has 0 radical (unpaired) electrons. The van der Waals surface area contributed by atoms with Crippen LogP contribution in [0.4, 0.5) is 0 Å². The highest BCUT2D eigenvalue weighted by atomic mass is 35.5. The van der Waals surface area contributed by atoms with Gasteiger partial charge in [0.25, 0.3) is 0 Å². The van der Waals surface area contributed by atoms with Crippen molar-refractivity contribution in [1.29, 1.82) is 0 Å². The smallest absolute Gasteiger partial charge is 0.133 e. The zero-order valence-corrected chi connectivity index (χ0v) is 12.6. The maximum absolute atomic E-state index is 6.04. The molecular weight excluding hydrogens is 304 g/mol. The fraction of sp³-hybridized carbons (Fsp3) is 0.500. The molecule has 100 valence electrons. The number of hydrogen-bond acceptors (Lipinski definition) is 3. The molecule has 0 amide bonds. The first-order valence-electron chi connectivity index (χ1n) is 4.79. The summed E-state index contributed by atoms with van der Waals surface area (Å²) in [5.41, 5.74) is 1.10. The zero-order valence-electron chi connectivity index (χ0n) is 9.43. The Morgan fingerprint density at radius 2 is 2.12 bits per heavy atom. The molecule has 17 heavy (non-hydrogen) atoms.